The molecule has 0 unspecified atom stereocenters. The highest BCUT2D eigenvalue weighted by Gasteiger charge is 2.26. The number of rotatable bonds is 2. The number of amides is 1. The van der Waals surface area contributed by atoms with E-state index < -0.39 is 0 Å². The Hall–Kier alpha value is -2.75. The number of anilines is 1. The number of nitrogens with one attached hydrogen (secondary N) is 1. The van der Waals surface area contributed by atoms with Gasteiger partial charge >= 0.3 is 0 Å². The van der Waals surface area contributed by atoms with Crippen LogP contribution in [0, 0.1) is 6.92 Å². The van der Waals surface area contributed by atoms with E-state index in [1.807, 2.05) is 0 Å². The average Bonchev–Trinajstić information content (AvgIpc) is 2.45. The number of aliphatic hydroxyl groups is 1. The third-order valence-electron chi connectivity index (χ3n) is 3.51. The van der Waals surface area contributed by atoms with Crippen LogP contribution in [-0.4, -0.2) is 16.1 Å². The number of phenols is 1. The molecular formula is C17H14NO3. The molecule has 2 aromatic carbocycles. The quantitative estimate of drug-likeness (QED) is 0.792. The molecule has 21 heavy (non-hydrogen) atoms. The third kappa shape index (κ3) is 2.36. The minimum atomic E-state index is -0.379. The summed E-state index contributed by atoms with van der Waals surface area (Å²) in [6.45, 7) is 3.78. The fourth-order valence-electron chi connectivity index (χ4n) is 2.34. The predicted octanol–water partition coefficient (Wildman–Crippen LogP) is 3.04. The zero-order chi connectivity index (χ0) is 15.0. The van der Waals surface area contributed by atoms with Gasteiger partial charge in [0.2, 0.25) is 0 Å². The summed E-state index contributed by atoms with van der Waals surface area (Å²) in [5.41, 5.74) is 2.65. The molecule has 1 amide bonds. The fourth-order valence-corrected chi connectivity index (χ4v) is 2.34. The smallest absolute Gasteiger partial charge is 0.255 e. The molecule has 0 heterocycles. The number of para-hydroxylation sites is 1. The minimum Gasteiger partial charge on any atom is -0.507 e. The first kappa shape index (κ1) is 13.2. The zero-order valence-electron chi connectivity index (χ0n) is 11.3. The number of carbonyl (C=O) groups is 1. The summed E-state index contributed by atoms with van der Waals surface area (Å²) in [6, 6.07) is 12.1. The Morgan fingerprint density at radius 1 is 1.10 bits per heavy atom. The molecule has 4 nitrogen and oxygen atoms in total. The van der Waals surface area contributed by atoms with E-state index in [-0.39, 0.29) is 35.0 Å². The van der Waals surface area contributed by atoms with E-state index in [4.69, 9.17) is 0 Å². The molecule has 0 atom stereocenters. The van der Waals surface area contributed by atoms with Gasteiger partial charge in [0.15, 0.2) is 0 Å². The van der Waals surface area contributed by atoms with Crippen LogP contribution in [0.4, 0.5) is 5.69 Å². The molecule has 0 saturated heterocycles. The number of hydrogen-bond donors (Lipinski definition) is 3. The summed E-state index contributed by atoms with van der Waals surface area (Å²) in [5.74, 6) is -0.518. The lowest BCUT2D eigenvalue weighted by Crippen LogP contribution is -2.19. The van der Waals surface area contributed by atoms with E-state index in [2.05, 4.69) is 12.2 Å². The summed E-state index contributed by atoms with van der Waals surface area (Å²) < 4.78 is 0. The molecule has 4 heteroatoms. The summed E-state index contributed by atoms with van der Waals surface area (Å²) >= 11 is 0. The van der Waals surface area contributed by atoms with Gasteiger partial charge in [0.1, 0.15) is 11.5 Å². The number of aromatic hydroxyl groups is 1. The highest BCUT2D eigenvalue weighted by atomic mass is 16.3. The van der Waals surface area contributed by atoms with E-state index in [1.54, 1.807) is 42.5 Å². The van der Waals surface area contributed by atoms with Crippen LogP contribution in [0.15, 0.2) is 48.0 Å². The number of benzene rings is 2. The first-order valence-corrected chi connectivity index (χ1v) is 6.53. The maximum atomic E-state index is 12.3. The number of phenolic OH excluding ortho intramolecular Hbond substituents is 1. The van der Waals surface area contributed by atoms with Crippen LogP contribution in [-0.2, 0) is 11.2 Å². The molecule has 3 rings (SSSR count). The number of carbonyl (C=O) groups excluding carboxylic acids is 1. The van der Waals surface area contributed by atoms with Gasteiger partial charge in [-0.2, -0.15) is 0 Å². The Balaban J connectivity index is 1.89. The van der Waals surface area contributed by atoms with Gasteiger partial charge in [0, 0.05) is 12.1 Å². The maximum Gasteiger partial charge on any atom is 0.255 e. The van der Waals surface area contributed by atoms with Crippen molar-refractivity contribution < 1.29 is 15.0 Å². The van der Waals surface area contributed by atoms with Gasteiger partial charge < -0.3 is 15.5 Å². The van der Waals surface area contributed by atoms with Crippen molar-refractivity contribution in [2.75, 3.05) is 5.32 Å². The molecule has 2 aromatic rings. The van der Waals surface area contributed by atoms with Crippen LogP contribution < -0.4 is 5.32 Å². The fraction of sp³-hybridized carbons (Fsp3) is 0.0588. The Morgan fingerprint density at radius 3 is 2.52 bits per heavy atom. The second-order valence-electron chi connectivity index (χ2n) is 4.97. The number of aliphatic hydroxyl groups excluding tert-OH is 1. The van der Waals surface area contributed by atoms with Crippen molar-refractivity contribution in [2.24, 2.45) is 0 Å². The molecule has 0 aromatic heterocycles. The van der Waals surface area contributed by atoms with E-state index in [0.29, 0.717) is 11.3 Å². The molecule has 105 valence electrons. The van der Waals surface area contributed by atoms with E-state index in [1.165, 1.54) is 0 Å². The van der Waals surface area contributed by atoms with Crippen LogP contribution in [0.2, 0.25) is 0 Å². The van der Waals surface area contributed by atoms with Crippen LogP contribution in [0.25, 0.3) is 5.76 Å². The van der Waals surface area contributed by atoms with Gasteiger partial charge in [0.25, 0.3) is 5.91 Å². The molecule has 0 aliphatic heterocycles. The number of fused-ring (bicyclic) bond motifs is 2. The molecule has 1 aliphatic carbocycles. The molecule has 3 N–H and O–H groups in total. The normalized spacial score (nSPS) is 13.2. The Kier molecular flexibility index (Phi) is 3.14. The highest BCUT2D eigenvalue weighted by Crippen LogP contribution is 2.36. The molecule has 0 fully saturated rings. The summed E-state index contributed by atoms with van der Waals surface area (Å²) in [4.78, 5) is 12.3. The molecule has 0 saturated carbocycles. The third-order valence-corrected chi connectivity index (χ3v) is 3.51. The van der Waals surface area contributed by atoms with E-state index in [9.17, 15) is 15.0 Å². The molecular weight excluding hydrogens is 266 g/mol. The van der Waals surface area contributed by atoms with Crippen molar-refractivity contribution in [3.05, 3.63) is 71.7 Å². The Labute approximate surface area is 122 Å². The monoisotopic (exact) mass is 280 g/mol. The average molecular weight is 280 g/mol. The van der Waals surface area contributed by atoms with Crippen LogP contribution in [0.5, 0.6) is 5.75 Å². The lowest BCUT2D eigenvalue weighted by molar-refractivity contribution is -0.113. The first-order chi connectivity index (χ1) is 10.1. The van der Waals surface area contributed by atoms with E-state index in [0.717, 1.165) is 5.56 Å². The SMILES string of the molecule is [CH2]c1ccc(NC(=O)C2=C(O)c3cccc(c3O)C2)cc1. The van der Waals surface area contributed by atoms with Crippen molar-refractivity contribution in [1.82, 2.24) is 0 Å². The lowest BCUT2D eigenvalue weighted by atomic mass is 9.91. The summed E-state index contributed by atoms with van der Waals surface area (Å²) in [7, 11) is 0. The second kappa shape index (κ2) is 4.98. The van der Waals surface area contributed by atoms with Gasteiger partial charge in [-0.25, -0.2) is 0 Å². The van der Waals surface area contributed by atoms with Crippen molar-refractivity contribution in [1.29, 1.82) is 0 Å². The maximum absolute atomic E-state index is 12.3. The highest BCUT2D eigenvalue weighted by molar-refractivity contribution is 6.09. The van der Waals surface area contributed by atoms with Gasteiger partial charge in [-0.15, -0.1) is 0 Å². The zero-order valence-corrected chi connectivity index (χ0v) is 11.3. The van der Waals surface area contributed by atoms with Crippen LogP contribution in [0.1, 0.15) is 16.7 Å². The van der Waals surface area contributed by atoms with E-state index >= 15 is 0 Å². The predicted molar refractivity (Wildman–Crippen MR) is 80.9 cm³/mol. The van der Waals surface area contributed by atoms with Crippen molar-refractivity contribution >= 4 is 17.4 Å². The largest absolute Gasteiger partial charge is 0.507 e. The molecule has 0 spiro atoms. The van der Waals surface area contributed by atoms with Gasteiger partial charge in [0.05, 0.1) is 11.1 Å². The Morgan fingerprint density at radius 2 is 1.81 bits per heavy atom. The summed E-state index contributed by atoms with van der Waals surface area (Å²) in [5, 5.41) is 22.8. The Bertz CT molecular complexity index is 745. The van der Waals surface area contributed by atoms with Crippen LogP contribution >= 0.6 is 0 Å². The summed E-state index contributed by atoms with van der Waals surface area (Å²) in [6.07, 6.45) is 0.199. The molecule has 1 aliphatic rings. The first-order valence-electron chi connectivity index (χ1n) is 6.53. The van der Waals surface area contributed by atoms with Crippen molar-refractivity contribution in [3.8, 4) is 5.75 Å². The van der Waals surface area contributed by atoms with Gasteiger partial charge in [-0.3, -0.25) is 4.79 Å². The molecule has 1 radical (unpaired) electrons. The standard InChI is InChI=1S/C17H14NO3/c1-10-5-7-12(8-6-10)18-17(21)14-9-11-3-2-4-13(15(11)19)16(14)20/h2-8,19-20H,1,9H2,(H,18,21). The number of hydrogen-bond acceptors (Lipinski definition) is 3. The molecule has 2 bridgehead atoms. The second-order valence-corrected chi connectivity index (χ2v) is 4.97. The van der Waals surface area contributed by atoms with Crippen molar-refractivity contribution in [3.63, 3.8) is 0 Å². The van der Waals surface area contributed by atoms with Crippen LogP contribution in [0.3, 0.4) is 0 Å². The van der Waals surface area contributed by atoms with Gasteiger partial charge in [-0.1, -0.05) is 24.3 Å². The van der Waals surface area contributed by atoms with Gasteiger partial charge in [-0.05, 0) is 36.2 Å². The lowest BCUT2D eigenvalue weighted by Gasteiger charge is -2.19. The minimum absolute atomic E-state index is 0.0351. The topological polar surface area (TPSA) is 69.6 Å². The van der Waals surface area contributed by atoms with Crippen molar-refractivity contribution in [2.45, 2.75) is 6.42 Å².